The van der Waals surface area contributed by atoms with E-state index in [0.29, 0.717) is 70.4 Å². The Labute approximate surface area is 289 Å². The summed E-state index contributed by atoms with van der Waals surface area (Å²) in [5, 5.41) is 11.8. The highest BCUT2D eigenvalue weighted by atomic mass is 35.5. The third-order valence-electron chi connectivity index (χ3n) is 8.41. The molecule has 49 heavy (non-hydrogen) atoms. The Morgan fingerprint density at radius 3 is 1.63 bits per heavy atom. The molecule has 15 heteroatoms. The van der Waals surface area contributed by atoms with Gasteiger partial charge in [-0.05, 0) is 24.3 Å². The number of aldehydes is 1. The van der Waals surface area contributed by atoms with Gasteiger partial charge in [-0.15, -0.1) is 0 Å². The fourth-order valence-electron chi connectivity index (χ4n) is 5.80. The van der Waals surface area contributed by atoms with Crippen molar-refractivity contribution < 1.29 is 24.2 Å². The highest BCUT2D eigenvalue weighted by molar-refractivity contribution is 6.34. The first-order valence-electron chi connectivity index (χ1n) is 15.5. The minimum absolute atomic E-state index is 0.207. The van der Waals surface area contributed by atoms with E-state index in [2.05, 4.69) is 39.7 Å². The number of aromatic amines is 2. The van der Waals surface area contributed by atoms with Crippen molar-refractivity contribution in [3.63, 3.8) is 0 Å². The number of carboxylic acids is 1. The third kappa shape index (κ3) is 6.78. The van der Waals surface area contributed by atoms with Crippen molar-refractivity contribution in [3.8, 4) is 22.3 Å². The van der Waals surface area contributed by atoms with Gasteiger partial charge in [0, 0.05) is 113 Å². The van der Waals surface area contributed by atoms with Gasteiger partial charge >= 0.3 is 5.97 Å². The molecule has 2 aliphatic rings. The lowest BCUT2D eigenvalue weighted by Gasteiger charge is -2.26. The van der Waals surface area contributed by atoms with Crippen molar-refractivity contribution in [1.82, 2.24) is 29.9 Å². The largest absolute Gasteiger partial charge is 0.478 e. The van der Waals surface area contributed by atoms with Crippen LogP contribution in [0.3, 0.4) is 0 Å². The molecule has 0 spiro atoms. The second-order valence-corrected chi connectivity index (χ2v) is 12.2. The maximum atomic E-state index is 11.3. The van der Waals surface area contributed by atoms with Crippen LogP contribution in [-0.4, -0.2) is 99.9 Å². The van der Waals surface area contributed by atoms with E-state index in [1.807, 2.05) is 12.1 Å². The van der Waals surface area contributed by atoms with Crippen molar-refractivity contribution in [3.05, 3.63) is 82.6 Å². The number of benzene rings is 2. The molecule has 250 valence electrons. The molecule has 2 aliphatic heterocycles. The van der Waals surface area contributed by atoms with Crippen LogP contribution in [0.15, 0.2) is 61.4 Å². The number of carbonyl (C=O) groups excluding carboxylic acids is 1. The number of hydrogen-bond donors (Lipinski definition) is 3. The lowest BCUT2D eigenvalue weighted by molar-refractivity contribution is 0.0699. The van der Waals surface area contributed by atoms with Crippen LogP contribution in [0, 0.1) is 0 Å². The quantitative estimate of drug-likeness (QED) is 0.182. The average molecular weight is 702 g/mol. The number of aromatic nitrogens is 6. The maximum absolute atomic E-state index is 11.3. The molecular weight excluding hydrogens is 671 g/mol. The van der Waals surface area contributed by atoms with Crippen molar-refractivity contribution >= 4 is 69.2 Å². The molecule has 8 rings (SSSR count). The standard InChI is InChI=1S/C17H15ClN4O3.C17H15ClN4O2/c18-14-6-15-12(13(9-19-15)16(23)24)5-11(14)10-7-20-17(21-8-10)22-1-3-25-4-2-22;18-15-6-16-14(12(10-23)9-19-16)5-13(15)11-7-20-17(21-8-11)22-1-3-24-4-2-22/h5-9,19H,1-4H2,(H,23,24);5-10,19H,1-4H2. The number of hydrogen-bond acceptors (Lipinski definition) is 10. The average Bonchev–Trinajstić information content (AvgIpc) is 3.75. The lowest BCUT2D eigenvalue weighted by atomic mass is 10.0. The number of nitrogens with one attached hydrogen (secondary N) is 2. The minimum Gasteiger partial charge on any atom is -0.478 e. The van der Waals surface area contributed by atoms with E-state index in [9.17, 15) is 14.7 Å². The Hall–Kier alpha value is -5.08. The molecule has 0 atom stereocenters. The summed E-state index contributed by atoms with van der Waals surface area (Å²) >= 11 is 12.8. The van der Waals surface area contributed by atoms with E-state index in [1.54, 1.807) is 43.1 Å². The first-order chi connectivity index (χ1) is 23.9. The molecular formula is C34H30Cl2N8O5. The molecule has 0 unspecified atom stereocenters. The molecule has 6 aromatic rings. The summed E-state index contributed by atoms with van der Waals surface area (Å²) in [5.74, 6) is 0.352. The van der Waals surface area contributed by atoms with Crippen molar-refractivity contribution in [2.24, 2.45) is 0 Å². The molecule has 0 bridgehead atoms. The fraction of sp³-hybridized carbons (Fsp3) is 0.235. The molecule has 6 heterocycles. The summed E-state index contributed by atoms with van der Waals surface area (Å²) in [6, 6.07) is 7.18. The zero-order valence-electron chi connectivity index (χ0n) is 26.0. The summed E-state index contributed by atoms with van der Waals surface area (Å²) in [6.07, 6.45) is 10.9. The summed E-state index contributed by atoms with van der Waals surface area (Å²) in [4.78, 5) is 50.4. The Morgan fingerprint density at radius 2 is 1.16 bits per heavy atom. The molecule has 2 fully saturated rings. The number of carboxylic acid groups (broad SMARTS) is 1. The minimum atomic E-state index is -0.988. The molecule has 3 N–H and O–H groups in total. The number of fused-ring (bicyclic) bond motifs is 2. The Balaban J connectivity index is 0.000000154. The summed E-state index contributed by atoms with van der Waals surface area (Å²) in [7, 11) is 0. The number of nitrogens with zero attached hydrogens (tertiary/aromatic N) is 6. The van der Waals surface area contributed by atoms with E-state index in [1.165, 1.54) is 6.20 Å². The molecule has 4 aromatic heterocycles. The van der Waals surface area contributed by atoms with Gasteiger partial charge in [-0.3, -0.25) is 4.79 Å². The highest BCUT2D eigenvalue weighted by Gasteiger charge is 2.18. The summed E-state index contributed by atoms with van der Waals surface area (Å²) < 4.78 is 10.7. The third-order valence-corrected chi connectivity index (χ3v) is 9.04. The SMILES string of the molecule is O=C(O)c1c[nH]c2cc(Cl)c(-c3cnc(N4CCOCC4)nc3)cc12.O=Cc1c[nH]c2cc(Cl)c(-c3cnc(N4CCOCC4)nc3)cc12. The fourth-order valence-corrected chi connectivity index (χ4v) is 6.34. The monoisotopic (exact) mass is 700 g/mol. The lowest BCUT2D eigenvalue weighted by Crippen LogP contribution is -2.37. The number of halogens is 2. The van der Waals surface area contributed by atoms with E-state index in [-0.39, 0.29) is 5.56 Å². The number of rotatable bonds is 6. The van der Waals surface area contributed by atoms with Gasteiger partial charge in [-0.1, -0.05) is 23.2 Å². The number of ether oxygens (including phenoxy) is 2. The molecule has 0 aliphatic carbocycles. The van der Waals surface area contributed by atoms with Gasteiger partial charge < -0.3 is 34.3 Å². The number of H-pyrrole nitrogens is 2. The normalized spacial score (nSPS) is 14.9. The number of carbonyl (C=O) groups is 2. The van der Waals surface area contributed by atoms with E-state index in [0.717, 1.165) is 60.1 Å². The van der Waals surface area contributed by atoms with Crippen LogP contribution in [0.5, 0.6) is 0 Å². The number of anilines is 2. The van der Waals surface area contributed by atoms with E-state index >= 15 is 0 Å². The molecule has 2 saturated heterocycles. The predicted octanol–water partition coefficient (Wildman–Crippen LogP) is 5.74. The first kappa shape index (κ1) is 32.5. The predicted molar refractivity (Wildman–Crippen MR) is 187 cm³/mol. The first-order valence-corrected chi connectivity index (χ1v) is 16.2. The zero-order chi connectivity index (χ0) is 33.9. The van der Waals surface area contributed by atoms with Crippen LogP contribution >= 0.6 is 23.2 Å². The van der Waals surface area contributed by atoms with Crippen LogP contribution in [0.25, 0.3) is 44.1 Å². The number of morpholine rings is 2. The van der Waals surface area contributed by atoms with Gasteiger partial charge in [0.15, 0.2) is 6.29 Å². The molecule has 13 nitrogen and oxygen atoms in total. The van der Waals surface area contributed by atoms with Gasteiger partial charge in [-0.25, -0.2) is 24.7 Å². The Bertz CT molecular complexity index is 2120. The molecule has 2 aromatic carbocycles. The van der Waals surface area contributed by atoms with Gasteiger partial charge in [0.05, 0.1) is 42.0 Å². The topological polar surface area (TPSA) is 162 Å². The van der Waals surface area contributed by atoms with Gasteiger partial charge in [0.2, 0.25) is 11.9 Å². The molecule has 0 saturated carbocycles. The highest BCUT2D eigenvalue weighted by Crippen LogP contribution is 2.34. The van der Waals surface area contributed by atoms with Crippen LogP contribution in [0.2, 0.25) is 10.0 Å². The summed E-state index contributed by atoms with van der Waals surface area (Å²) in [5.41, 5.74) is 5.38. The van der Waals surface area contributed by atoms with E-state index < -0.39 is 5.97 Å². The molecule has 0 amide bonds. The van der Waals surface area contributed by atoms with Crippen LogP contribution < -0.4 is 9.80 Å². The Morgan fingerprint density at radius 1 is 0.714 bits per heavy atom. The smallest absolute Gasteiger partial charge is 0.337 e. The van der Waals surface area contributed by atoms with Crippen molar-refractivity contribution in [2.75, 3.05) is 62.4 Å². The van der Waals surface area contributed by atoms with E-state index in [4.69, 9.17) is 32.7 Å². The zero-order valence-corrected chi connectivity index (χ0v) is 27.5. The van der Waals surface area contributed by atoms with Gasteiger partial charge in [0.1, 0.15) is 0 Å². The van der Waals surface area contributed by atoms with Crippen molar-refractivity contribution in [2.45, 2.75) is 0 Å². The second kappa shape index (κ2) is 14.2. The second-order valence-electron chi connectivity index (χ2n) is 11.4. The van der Waals surface area contributed by atoms with Gasteiger partial charge in [-0.2, -0.15) is 0 Å². The van der Waals surface area contributed by atoms with Crippen LogP contribution in [-0.2, 0) is 9.47 Å². The van der Waals surface area contributed by atoms with Gasteiger partial charge in [0.25, 0.3) is 0 Å². The van der Waals surface area contributed by atoms with Crippen LogP contribution in [0.1, 0.15) is 20.7 Å². The van der Waals surface area contributed by atoms with Crippen molar-refractivity contribution in [1.29, 1.82) is 0 Å². The maximum Gasteiger partial charge on any atom is 0.337 e. The summed E-state index contributed by atoms with van der Waals surface area (Å²) in [6.45, 7) is 5.81. The molecule has 0 radical (unpaired) electrons. The Kier molecular flexibility index (Phi) is 9.40. The van der Waals surface area contributed by atoms with Crippen LogP contribution in [0.4, 0.5) is 11.9 Å². The number of aromatic carboxylic acids is 1.